The Morgan fingerprint density at radius 1 is 0.917 bits per heavy atom. The summed E-state index contributed by atoms with van der Waals surface area (Å²) in [6.07, 6.45) is 6.77. The van der Waals surface area contributed by atoms with Gasteiger partial charge in [0.05, 0.1) is 24.5 Å². The Labute approximate surface area is 215 Å². The van der Waals surface area contributed by atoms with Crippen LogP contribution in [0.5, 0.6) is 0 Å². The van der Waals surface area contributed by atoms with Gasteiger partial charge < -0.3 is 5.32 Å². The Hall–Kier alpha value is -3.12. The highest BCUT2D eigenvalue weighted by molar-refractivity contribution is 7.92. The van der Waals surface area contributed by atoms with Crippen LogP contribution in [0.2, 0.25) is 0 Å². The molecule has 1 atom stereocenters. The molecule has 0 bridgehead atoms. The standard InChI is InChI=1S/C30H36N2O3S/c1-5-29(27-15-14-24-8-6-7-9-26(24)19-27)31-30(33)25-12-10-23(11-13-25)20-32(36(4,34)35)28-17-21(2)16-22(3)18-28/h10-19,29H,5-9,20H2,1-4H3,(H,31,33). The van der Waals surface area contributed by atoms with E-state index in [9.17, 15) is 13.2 Å². The number of carbonyl (C=O) groups excluding carboxylic acids is 1. The topological polar surface area (TPSA) is 66.5 Å². The van der Waals surface area contributed by atoms with E-state index in [0.717, 1.165) is 41.5 Å². The first-order valence-electron chi connectivity index (χ1n) is 12.7. The van der Waals surface area contributed by atoms with Crippen LogP contribution >= 0.6 is 0 Å². The normalized spacial score (nSPS) is 14.1. The van der Waals surface area contributed by atoms with Crippen molar-refractivity contribution in [1.82, 2.24) is 5.32 Å². The van der Waals surface area contributed by atoms with Gasteiger partial charge in [-0.1, -0.05) is 43.3 Å². The lowest BCUT2D eigenvalue weighted by Crippen LogP contribution is -2.30. The van der Waals surface area contributed by atoms with Gasteiger partial charge >= 0.3 is 0 Å². The van der Waals surface area contributed by atoms with Crippen molar-refractivity contribution in [2.75, 3.05) is 10.6 Å². The van der Waals surface area contributed by atoms with Gasteiger partial charge in [-0.2, -0.15) is 0 Å². The lowest BCUT2D eigenvalue weighted by molar-refractivity contribution is 0.0935. The number of rotatable bonds is 8. The number of nitrogens with one attached hydrogen (secondary N) is 1. The molecule has 0 saturated carbocycles. The number of nitrogens with zero attached hydrogens (tertiary/aromatic N) is 1. The van der Waals surface area contributed by atoms with Gasteiger partial charge in [0.25, 0.3) is 5.91 Å². The first-order valence-corrected chi connectivity index (χ1v) is 14.6. The van der Waals surface area contributed by atoms with Gasteiger partial charge in [0.1, 0.15) is 0 Å². The van der Waals surface area contributed by atoms with Crippen molar-refractivity contribution in [1.29, 1.82) is 0 Å². The number of carbonyl (C=O) groups is 1. The van der Waals surface area contributed by atoms with E-state index in [-0.39, 0.29) is 18.5 Å². The first-order chi connectivity index (χ1) is 17.1. The van der Waals surface area contributed by atoms with Crippen molar-refractivity contribution >= 4 is 21.6 Å². The molecule has 190 valence electrons. The van der Waals surface area contributed by atoms with Crippen LogP contribution in [0, 0.1) is 13.8 Å². The number of hydrogen-bond acceptors (Lipinski definition) is 3. The highest BCUT2D eigenvalue weighted by Gasteiger charge is 2.20. The number of sulfonamides is 1. The SMILES string of the molecule is CCC(NC(=O)c1ccc(CN(c2cc(C)cc(C)c2)S(C)(=O)=O)cc1)c1ccc2c(c1)CCCC2. The molecule has 0 aliphatic heterocycles. The predicted molar refractivity (Wildman–Crippen MR) is 147 cm³/mol. The Morgan fingerprint density at radius 2 is 1.56 bits per heavy atom. The zero-order chi connectivity index (χ0) is 25.9. The maximum Gasteiger partial charge on any atom is 0.251 e. The molecule has 1 amide bonds. The molecule has 4 rings (SSSR count). The van der Waals surface area contributed by atoms with E-state index >= 15 is 0 Å². The van der Waals surface area contributed by atoms with E-state index in [1.807, 2.05) is 44.2 Å². The summed E-state index contributed by atoms with van der Waals surface area (Å²) in [4.78, 5) is 13.0. The van der Waals surface area contributed by atoms with Crippen molar-refractivity contribution in [3.05, 3.63) is 99.6 Å². The van der Waals surface area contributed by atoms with Gasteiger partial charge in [-0.25, -0.2) is 8.42 Å². The summed E-state index contributed by atoms with van der Waals surface area (Å²) in [7, 11) is -3.48. The first kappa shape index (κ1) is 26.0. The van der Waals surface area contributed by atoms with Gasteiger partial charge in [0.2, 0.25) is 10.0 Å². The third-order valence-corrected chi connectivity index (χ3v) is 8.07. The van der Waals surface area contributed by atoms with E-state index in [1.165, 1.54) is 34.5 Å². The van der Waals surface area contributed by atoms with Crippen LogP contribution in [0.25, 0.3) is 0 Å². The predicted octanol–water partition coefficient (Wildman–Crippen LogP) is 6.03. The van der Waals surface area contributed by atoms with Crippen LogP contribution in [0.1, 0.15) is 76.0 Å². The molecule has 0 radical (unpaired) electrons. The summed E-state index contributed by atoms with van der Waals surface area (Å²) in [6, 6.07) is 19.6. The fourth-order valence-electron chi connectivity index (χ4n) is 5.05. The number of amides is 1. The Kier molecular flexibility index (Phi) is 7.84. The minimum atomic E-state index is -3.48. The molecular formula is C30H36N2O3S. The second-order valence-corrected chi connectivity index (χ2v) is 11.9. The molecule has 0 aromatic heterocycles. The average Bonchev–Trinajstić information content (AvgIpc) is 2.84. The van der Waals surface area contributed by atoms with E-state index < -0.39 is 10.0 Å². The molecule has 3 aromatic carbocycles. The van der Waals surface area contributed by atoms with Crippen LogP contribution in [-0.2, 0) is 29.4 Å². The Balaban J connectivity index is 1.48. The molecule has 1 aliphatic carbocycles. The Bertz CT molecular complexity index is 1330. The van der Waals surface area contributed by atoms with Crippen LogP contribution in [0.15, 0.2) is 60.7 Å². The van der Waals surface area contributed by atoms with Crippen LogP contribution in [0.4, 0.5) is 5.69 Å². The maximum absolute atomic E-state index is 13.0. The summed E-state index contributed by atoms with van der Waals surface area (Å²) >= 11 is 0. The van der Waals surface area contributed by atoms with E-state index in [2.05, 4.69) is 30.4 Å². The number of hydrogen-bond donors (Lipinski definition) is 1. The molecule has 1 N–H and O–H groups in total. The molecule has 0 spiro atoms. The molecule has 3 aromatic rings. The fraction of sp³-hybridized carbons (Fsp3) is 0.367. The molecule has 36 heavy (non-hydrogen) atoms. The minimum absolute atomic E-state index is 0.0466. The zero-order valence-electron chi connectivity index (χ0n) is 21.7. The van der Waals surface area contributed by atoms with Crippen molar-refractivity contribution in [3.63, 3.8) is 0 Å². The van der Waals surface area contributed by atoms with E-state index in [1.54, 1.807) is 12.1 Å². The van der Waals surface area contributed by atoms with Crippen LogP contribution < -0.4 is 9.62 Å². The number of benzene rings is 3. The van der Waals surface area contributed by atoms with Crippen LogP contribution in [0.3, 0.4) is 0 Å². The molecule has 0 heterocycles. The third-order valence-electron chi connectivity index (χ3n) is 6.93. The lowest BCUT2D eigenvalue weighted by atomic mass is 9.88. The smallest absolute Gasteiger partial charge is 0.251 e. The van der Waals surface area contributed by atoms with Crippen molar-refractivity contribution in [2.24, 2.45) is 0 Å². The number of aryl methyl sites for hydroxylation is 4. The molecule has 1 unspecified atom stereocenters. The molecule has 6 heteroatoms. The molecule has 1 aliphatic rings. The average molecular weight is 505 g/mol. The third kappa shape index (κ3) is 6.16. The summed E-state index contributed by atoms with van der Waals surface area (Å²) in [5.74, 6) is -0.125. The maximum atomic E-state index is 13.0. The summed E-state index contributed by atoms with van der Waals surface area (Å²) in [5.41, 5.74) is 8.05. The van der Waals surface area contributed by atoms with Gasteiger partial charge in [0, 0.05) is 5.56 Å². The molecule has 0 saturated heterocycles. The largest absolute Gasteiger partial charge is 0.345 e. The van der Waals surface area contributed by atoms with Crippen molar-refractivity contribution < 1.29 is 13.2 Å². The van der Waals surface area contributed by atoms with Crippen molar-refractivity contribution in [3.8, 4) is 0 Å². The second-order valence-electron chi connectivity index (χ2n) is 9.98. The molecule has 5 nitrogen and oxygen atoms in total. The van der Waals surface area contributed by atoms with Crippen molar-refractivity contribution in [2.45, 2.75) is 65.5 Å². The monoisotopic (exact) mass is 504 g/mol. The fourth-order valence-corrected chi connectivity index (χ4v) is 5.93. The summed E-state index contributed by atoms with van der Waals surface area (Å²) in [5, 5.41) is 3.18. The molecule has 0 fully saturated rings. The second kappa shape index (κ2) is 10.9. The summed E-state index contributed by atoms with van der Waals surface area (Å²) < 4.78 is 26.6. The van der Waals surface area contributed by atoms with Gasteiger partial charge in [0.15, 0.2) is 0 Å². The lowest BCUT2D eigenvalue weighted by Gasteiger charge is -2.24. The summed E-state index contributed by atoms with van der Waals surface area (Å²) in [6.45, 7) is 6.20. The molecular weight excluding hydrogens is 468 g/mol. The van der Waals surface area contributed by atoms with Gasteiger partial charge in [-0.15, -0.1) is 0 Å². The zero-order valence-corrected chi connectivity index (χ0v) is 22.5. The number of fused-ring (bicyclic) bond motifs is 1. The highest BCUT2D eigenvalue weighted by Crippen LogP contribution is 2.27. The van der Waals surface area contributed by atoms with Crippen LogP contribution in [-0.4, -0.2) is 20.6 Å². The quantitative estimate of drug-likeness (QED) is 0.407. The van der Waals surface area contributed by atoms with E-state index in [4.69, 9.17) is 0 Å². The highest BCUT2D eigenvalue weighted by atomic mass is 32.2. The van der Waals surface area contributed by atoms with E-state index in [0.29, 0.717) is 11.3 Å². The van der Waals surface area contributed by atoms with Gasteiger partial charge in [-0.3, -0.25) is 9.10 Å². The number of anilines is 1. The minimum Gasteiger partial charge on any atom is -0.345 e. The Morgan fingerprint density at radius 3 is 2.17 bits per heavy atom. The van der Waals surface area contributed by atoms with Gasteiger partial charge in [-0.05, 0) is 104 Å².